The third-order valence-electron chi connectivity index (χ3n) is 13.5. The van der Waals surface area contributed by atoms with E-state index in [1.165, 1.54) is 19.4 Å². The van der Waals surface area contributed by atoms with Crippen LogP contribution < -0.4 is 0 Å². The van der Waals surface area contributed by atoms with Crippen LogP contribution in [0.1, 0.15) is 120 Å². The van der Waals surface area contributed by atoms with Crippen molar-refractivity contribution in [2.24, 2.45) is 50.2 Å². The summed E-state index contributed by atoms with van der Waals surface area (Å²) >= 11 is 0. The van der Waals surface area contributed by atoms with E-state index in [0.29, 0.717) is 18.3 Å². The third-order valence-corrected chi connectivity index (χ3v) is 13.5. The second-order valence-corrected chi connectivity index (χ2v) is 16.4. The topological polar surface area (TPSA) is 89.9 Å². The molecule has 5 aliphatic carbocycles. The monoisotopic (exact) mass is 556 g/mol. The van der Waals surface area contributed by atoms with Gasteiger partial charge in [0.05, 0.1) is 5.41 Å². The number of aliphatic carboxylic acids is 1. The number of fused-ring (bicyclic) bond motifs is 7. The number of hydrogen-bond donors (Lipinski definition) is 1. The molecule has 0 heterocycles. The summed E-state index contributed by atoms with van der Waals surface area (Å²) in [5.41, 5.74) is 0.360. The molecular formula is C34H52O6. The molecule has 0 aromatic carbocycles. The Balaban J connectivity index is 1.59. The number of carbonyl (C=O) groups excluding carboxylic acids is 2. The Morgan fingerprint density at radius 3 is 2.05 bits per heavy atom. The molecule has 0 aromatic heterocycles. The zero-order valence-electron chi connectivity index (χ0n) is 26.3. The maximum Gasteiger partial charge on any atom is 0.310 e. The van der Waals surface area contributed by atoms with E-state index in [9.17, 15) is 19.5 Å². The van der Waals surface area contributed by atoms with Crippen LogP contribution in [0.25, 0.3) is 0 Å². The molecule has 0 aromatic rings. The van der Waals surface area contributed by atoms with Gasteiger partial charge in [-0.05, 0) is 97.2 Å². The van der Waals surface area contributed by atoms with E-state index in [-0.39, 0.29) is 44.9 Å². The Hall–Kier alpha value is -1.85. The van der Waals surface area contributed by atoms with Crippen LogP contribution >= 0.6 is 0 Å². The normalized spacial score (nSPS) is 46.8. The number of esters is 2. The van der Waals surface area contributed by atoms with Crippen molar-refractivity contribution in [1.29, 1.82) is 0 Å². The van der Waals surface area contributed by atoms with Gasteiger partial charge in [0.1, 0.15) is 12.2 Å². The number of allylic oxidation sites excluding steroid dienone is 2. The molecule has 6 nitrogen and oxygen atoms in total. The minimum Gasteiger partial charge on any atom is -0.481 e. The van der Waals surface area contributed by atoms with Crippen molar-refractivity contribution in [3.8, 4) is 0 Å². The van der Waals surface area contributed by atoms with Crippen molar-refractivity contribution in [2.75, 3.05) is 0 Å². The van der Waals surface area contributed by atoms with Gasteiger partial charge in [0.25, 0.3) is 0 Å². The van der Waals surface area contributed by atoms with E-state index in [0.717, 1.165) is 51.4 Å². The van der Waals surface area contributed by atoms with Gasteiger partial charge in [-0.15, -0.1) is 0 Å². The Bertz CT molecular complexity index is 1140. The van der Waals surface area contributed by atoms with Crippen molar-refractivity contribution in [3.05, 3.63) is 11.6 Å². The van der Waals surface area contributed by atoms with Crippen LogP contribution in [0.4, 0.5) is 0 Å². The molecule has 0 spiro atoms. The van der Waals surface area contributed by atoms with Crippen LogP contribution in [-0.4, -0.2) is 35.2 Å². The smallest absolute Gasteiger partial charge is 0.310 e. The molecule has 0 aliphatic heterocycles. The molecule has 9 atom stereocenters. The average molecular weight is 557 g/mol. The molecule has 1 N–H and O–H groups in total. The Morgan fingerprint density at radius 2 is 1.45 bits per heavy atom. The number of hydrogen-bond acceptors (Lipinski definition) is 5. The minimum absolute atomic E-state index is 0.000288. The lowest BCUT2D eigenvalue weighted by Gasteiger charge is -2.71. The number of carbonyl (C=O) groups is 3. The molecule has 0 saturated heterocycles. The van der Waals surface area contributed by atoms with Crippen molar-refractivity contribution in [2.45, 2.75) is 132 Å². The van der Waals surface area contributed by atoms with Crippen molar-refractivity contribution >= 4 is 17.9 Å². The fourth-order valence-corrected chi connectivity index (χ4v) is 11.4. The highest BCUT2D eigenvalue weighted by molar-refractivity contribution is 5.76. The molecule has 4 fully saturated rings. The first-order valence-electron chi connectivity index (χ1n) is 15.6. The summed E-state index contributed by atoms with van der Waals surface area (Å²) in [6.07, 6.45) is 9.51. The van der Waals surface area contributed by atoms with Gasteiger partial charge in [0, 0.05) is 19.3 Å². The second-order valence-electron chi connectivity index (χ2n) is 16.4. The summed E-state index contributed by atoms with van der Waals surface area (Å²) in [4.78, 5) is 37.3. The summed E-state index contributed by atoms with van der Waals surface area (Å²) in [7, 11) is 0. The number of ether oxygens (including phenoxy) is 2. The van der Waals surface area contributed by atoms with E-state index in [1.807, 2.05) is 0 Å². The zero-order chi connectivity index (χ0) is 29.7. The molecule has 5 rings (SSSR count). The highest BCUT2D eigenvalue weighted by Crippen LogP contribution is 2.76. The fourth-order valence-electron chi connectivity index (χ4n) is 11.4. The molecule has 224 valence electrons. The lowest BCUT2D eigenvalue weighted by Crippen LogP contribution is -2.67. The van der Waals surface area contributed by atoms with Crippen molar-refractivity contribution < 1.29 is 29.0 Å². The van der Waals surface area contributed by atoms with Gasteiger partial charge in [0.15, 0.2) is 0 Å². The number of carboxylic acid groups (broad SMARTS) is 1. The van der Waals surface area contributed by atoms with Crippen LogP contribution in [0.5, 0.6) is 0 Å². The van der Waals surface area contributed by atoms with E-state index < -0.39 is 23.6 Å². The first-order chi connectivity index (χ1) is 18.3. The quantitative estimate of drug-likeness (QED) is 0.289. The molecule has 0 bridgehead atoms. The van der Waals surface area contributed by atoms with Crippen molar-refractivity contribution in [1.82, 2.24) is 0 Å². The Labute approximate surface area is 241 Å². The summed E-state index contributed by atoms with van der Waals surface area (Å²) in [6.45, 7) is 19.2. The SMILES string of the molecule is CC(=O)O[C@H]1C[C@]2(C)[C@H]3CC=C4[C@@H]5CC(C)(C)CC[C@]5(C(=O)O)CC[C@@]4(C)[C@]3(C)CC[C@H]2C(C)(C)[C@@H]1OC(C)=O. The summed E-state index contributed by atoms with van der Waals surface area (Å²) in [5, 5.41) is 10.6. The standard InChI is InChI=1S/C34H52O6/c1-20(35)39-24-19-31(7)25(30(5,6)27(24)40-21(2)36)12-13-33(9)26(31)11-10-22-23-18-29(3,4)14-16-34(23,28(37)38)17-15-32(22,33)8/h10,23-27H,11-19H2,1-9H3,(H,37,38)/t23-,24-,25-,26+,27+,31-,32+,33+,34-/m0/s1. The van der Waals surface area contributed by atoms with Gasteiger partial charge in [-0.25, -0.2) is 0 Å². The van der Waals surface area contributed by atoms with Gasteiger partial charge >= 0.3 is 17.9 Å². The van der Waals surface area contributed by atoms with Gasteiger partial charge in [-0.1, -0.05) is 60.1 Å². The van der Waals surface area contributed by atoms with E-state index in [1.54, 1.807) is 0 Å². The molecule has 0 amide bonds. The van der Waals surface area contributed by atoms with Crippen LogP contribution in [0.2, 0.25) is 0 Å². The molecule has 4 saturated carbocycles. The molecule has 5 aliphatic rings. The molecule has 0 unspecified atom stereocenters. The fraction of sp³-hybridized carbons (Fsp3) is 0.853. The number of rotatable bonds is 3. The summed E-state index contributed by atoms with van der Waals surface area (Å²) in [5.74, 6) is -0.528. The maximum absolute atomic E-state index is 12.9. The summed E-state index contributed by atoms with van der Waals surface area (Å²) < 4.78 is 11.8. The number of carboxylic acids is 1. The van der Waals surface area contributed by atoms with Crippen LogP contribution in [0, 0.1) is 50.2 Å². The zero-order valence-corrected chi connectivity index (χ0v) is 26.3. The Kier molecular flexibility index (Phi) is 6.72. The summed E-state index contributed by atoms with van der Waals surface area (Å²) in [6, 6.07) is 0. The molecular weight excluding hydrogens is 504 g/mol. The predicted molar refractivity (Wildman–Crippen MR) is 153 cm³/mol. The van der Waals surface area contributed by atoms with Gasteiger partial charge in [0.2, 0.25) is 0 Å². The van der Waals surface area contributed by atoms with Gasteiger partial charge in [-0.2, -0.15) is 0 Å². The lowest BCUT2D eigenvalue weighted by molar-refractivity contribution is -0.244. The van der Waals surface area contributed by atoms with Crippen LogP contribution in [0.3, 0.4) is 0 Å². The second kappa shape index (κ2) is 9.07. The largest absolute Gasteiger partial charge is 0.481 e. The van der Waals surface area contributed by atoms with E-state index in [4.69, 9.17) is 9.47 Å². The van der Waals surface area contributed by atoms with Crippen LogP contribution in [0.15, 0.2) is 11.6 Å². The highest BCUT2D eigenvalue weighted by atomic mass is 16.6. The predicted octanol–water partition coefficient (Wildman–Crippen LogP) is 7.35. The first-order valence-corrected chi connectivity index (χ1v) is 15.6. The molecule has 0 radical (unpaired) electrons. The lowest BCUT2D eigenvalue weighted by atomic mass is 9.33. The van der Waals surface area contributed by atoms with Gasteiger partial charge < -0.3 is 14.6 Å². The van der Waals surface area contributed by atoms with E-state index >= 15 is 0 Å². The van der Waals surface area contributed by atoms with Crippen LogP contribution in [-0.2, 0) is 23.9 Å². The molecule has 40 heavy (non-hydrogen) atoms. The third kappa shape index (κ3) is 3.96. The first kappa shape index (κ1) is 29.6. The maximum atomic E-state index is 12.9. The highest BCUT2D eigenvalue weighted by Gasteiger charge is 2.70. The molecule has 6 heteroatoms. The van der Waals surface area contributed by atoms with Crippen molar-refractivity contribution in [3.63, 3.8) is 0 Å². The van der Waals surface area contributed by atoms with Gasteiger partial charge in [-0.3, -0.25) is 14.4 Å². The van der Waals surface area contributed by atoms with E-state index in [2.05, 4.69) is 54.5 Å². The average Bonchev–Trinajstić information content (AvgIpc) is 2.81. The minimum atomic E-state index is -0.643. The Morgan fingerprint density at radius 1 is 0.825 bits per heavy atom.